The summed E-state index contributed by atoms with van der Waals surface area (Å²) >= 11 is 0. The molecule has 0 radical (unpaired) electrons. The molecule has 0 aromatic carbocycles. The van der Waals surface area contributed by atoms with Crippen LogP contribution < -0.4 is 10.6 Å². The van der Waals surface area contributed by atoms with Gasteiger partial charge in [0.1, 0.15) is 5.76 Å². The zero-order chi connectivity index (χ0) is 18.0. The first-order valence-electron chi connectivity index (χ1n) is 10.2. The highest BCUT2D eigenvalue weighted by Gasteiger charge is 2.25. The summed E-state index contributed by atoms with van der Waals surface area (Å²) in [4.78, 5) is 7.31. The molecule has 1 saturated heterocycles. The molecular weight excluding hydrogens is 328 g/mol. The van der Waals surface area contributed by atoms with E-state index in [1.807, 2.05) is 6.07 Å². The van der Waals surface area contributed by atoms with Crippen LogP contribution >= 0.6 is 0 Å². The molecule has 0 amide bonds. The van der Waals surface area contributed by atoms with Crippen molar-refractivity contribution in [2.24, 2.45) is 10.9 Å². The molecule has 1 unspecified atom stereocenters. The normalized spacial score (nSPS) is 19.7. The summed E-state index contributed by atoms with van der Waals surface area (Å²) in [6.45, 7) is 8.57. The van der Waals surface area contributed by atoms with Crippen molar-refractivity contribution in [3.8, 4) is 0 Å². The number of likely N-dealkylation sites (tertiary alicyclic amines) is 1. The Morgan fingerprint density at radius 2 is 2.19 bits per heavy atom. The molecule has 1 atom stereocenters. The zero-order valence-corrected chi connectivity index (χ0v) is 16.1. The molecule has 2 N–H and O–H groups in total. The summed E-state index contributed by atoms with van der Waals surface area (Å²) in [6.07, 6.45) is 7.99. The van der Waals surface area contributed by atoms with Crippen LogP contribution in [0.2, 0.25) is 0 Å². The van der Waals surface area contributed by atoms with Gasteiger partial charge in [0.05, 0.1) is 18.8 Å². The van der Waals surface area contributed by atoms with E-state index < -0.39 is 0 Å². The van der Waals surface area contributed by atoms with E-state index in [9.17, 15) is 0 Å². The van der Waals surface area contributed by atoms with Crippen molar-refractivity contribution in [3.05, 3.63) is 24.2 Å². The highest BCUT2D eigenvalue weighted by molar-refractivity contribution is 5.79. The van der Waals surface area contributed by atoms with E-state index in [-0.39, 0.29) is 6.04 Å². The quantitative estimate of drug-likeness (QED) is 0.360. The van der Waals surface area contributed by atoms with Gasteiger partial charge in [0, 0.05) is 26.3 Å². The van der Waals surface area contributed by atoms with E-state index in [2.05, 4.69) is 28.5 Å². The summed E-state index contributed by atoms with van der Waals surface area (Å²) in [5.74, 6) is 2.73. The first-order chi connectivity index (χ1) is 12.9. The Morgan fingerprint density at radius 3 is 2.88 bits per heavy atom. The molecule has 2 heterocycles. The van der Waals surface area contributed by atoms with Crippen LogP contribution in [-0.4, -0.2) is 56.8 Å². The molecule has 0 spiro atoms. The number of guanidine groups is 1. The second-order valence-electron chi connectivity index (χ2n) is 7.29. The lowest BCUT2D eigenvalue weighted by atomic mass is 10.2. The highest BCUT2D eigenvalue weighted by atomic mass is 16.5. The minimum absolute atomic E-state index is 0.227. The van der Waals surface area contributed by atoms with Gasteiger partial charge in [0.15, 0.2) is 5.96 Å². The van der Waals surface area contributed by atoms with Gasteiger partial charge < -0.3 is 19.8 Å². The number of furan rings is 1. The van der Waals surface area contributed by atoms with Crippen molar-refractivity contribution in [1.82, 2.24) is 15.5 Å². The molecule has 1 saturated carbocycles. The molecule has 146 valence electrons. The van der Waals surface area contributed by atoms with Crippen LogP contribution in [0, 0.1) is 5.92 Å². The summed E-state index contributed by atoms with van der Waals surface area (Å²) in [6, 6.07) is 4.26. The van der Waals surface area contributed by atoms with Gasteiger partial charge >= 0.3 is 0 Å². The molecule has 26 heavy (non-hydrogen) atoms. The van der Waals surface area contributed by atoms with Crippen LogP contribution in [0.25, 0.3) is 0 Å². The molecule has 1 aromatic heterocycles. The van der Waals surface area contributed by atoms with Crippen molar-refractivity contribution < 1.29 is 9.15 Å². The van der Waals surface area contributed by atoms with E-state index in [0.717, 1.165) is 63.5 Å². The average Bonchev–Trinajstić information content (AvgIpc) is 3.11. The number of hydrogen-bond donors (Lipinski definition) is 2. The maximum Gasteiger partial charge on any atom is 0.191 e. The van der Waals surface area contributed by atoms with Crippen LogP contribution in [0.4, 0.5) is 0 Å². The average molecular weight is 363 g/mol. The Hall–Kier alpha value is -1.53. The summed E-state index contributed by atoms with van der Waals surface area (Å²) in [5, 5.41) is 6.77. The summed E-state index contributed by atoms with van der Waals surface area (Å²) in [5.41, 5.74) is 0. The van der Waals surface area contributed by atoms with Crippen LogP contribution in [0.1, 0.15) is 50.8 Å². The molecule has 6 nitrogen and oxygen atoms in total. The Bertz CT molecular complexity index is 522. The molecule has 0 bridgehead atoms. The number of aliphatic imine (C=N–C) groups is 1. The van der Waals surface area contributed by atoms with Gasteiger partial charge in [-0.25, -0.2) is 0 Å². The molecule has 1 aliphatic carbocycles. The van der Waals surface area contributed by atoms with Crippen LogP contribution in [0.15, 0.2) is 27.8 Å². The Morgan fingerprint density at radius 1 is 1.35 bits per heavy atom. The smallest absolute Gasteiger partial charge is 0.191 e. The highest BCUT2D eigenvalue weighted by Crippen LogP contribution is 2.28. The SMILES string of the molecule is CCNC(=NCC(c1ccco1)N1CCCC1)NCCCOCC1CC1. The third-order valence-corrected chi connectivity index (χ3v) is 5.03. The molecule has 1 aliphatic heterocycles. The fourth-order valence-electron chi connectivity index (χ4n) is 3.35. The maximum absolute atomic E-state index is 5.69. The molecular formula is C20H34N4O2. The van der Waals surface area contributed by atoms with Crippen molar-refractivity contribution >= 4 is 5.96 Å². The third-order valence-electron chi connectivity index (χ3n) is 5.03. The Labute approximate surface area is 157 Å². The van der Waals surface area contributed by atoms with Gasteiger partial charge in [-0.05, 0) is 70.2 Å². The minimum Gasteiger partial charge on any atom is -0.468 e. The monoisotopic (exact) mass is 362 g/mol. The maximum atomic E-state index is 5.69. The first-order valence-corrected chi connectivity index (χ1v) is 10.2. The largest absolute Gasteiger partial charge is 0.468 e. The van der Waals surface area contributed by atoms with Gasteiger partial charge in [-0.15, -0.1) is 0 Å². The number of hydrogen-bond acceptors (Lipinski definition) is 4. The van der Waals surface area contributed by atoms with Crippen molar-refractivity contribution in [1.29, 1.82) is 0 Å². The van der Waals surface area contributed by atoms with E-state index in [1.54, 1.807) is 6.26 Å². The number of ether oxygens (including phenoxy) is 1. The molecule has 3 rings (SSSR count). The number of rotatable bonds is 11. The number of nitrogens with zero attached hydrogens (tertiary/aromatic N) is 2. The summed E-state index contributed by atoms with van der Waals surface area (Å²) < 4.78 is 11.4. The van der Waals surface area contributed by atoms with Crippen molar-refractivity contribution in [3.63, 3.8) is 0 Å². The summed E-state index contributed by atoms with van der Waals surface area (Å²) in [7, 11) is 0. The molecule has 2 fully saturated rings. The van der Waals surface area contributed by atoms with E-state index in [0.29, 0.717) is 6.54 Å². The fourth-order valence-corrected chi connectivity index (χ4v) is 3.35. The predicted octanol–water partition coefficient (Wildman–Crippen LogP) is 2.79. The Kier molecular flexibility index (Phi) is 7.83. The lowest BCUT2D eigenvalue weighted by molar-refractivity contribution is 0.123. The van der Waals surface area contributed by atoms with E-state index in [1.165, 1.54) is 25.7 Å². The second-order valence-corrected chi connectivity index (χ2v) is 7.29. The first kappa shape index (κ1) is 19.2. The standard InChI is InChI=1S/C20H34N4O2/c1-2-21-20(22-10-6-13-25-16-17-8-9-17)23-15-18(19-7-5-14-26-19)24-11-3-4-12-24/h5,7,14,17-18H,2-4,6,8-13,15-16H2,1H3,(H2,21,22,23). The third kappa shape index (κ3) is 6.32. The van der Waals surface area contributed by atoms with Gasteiger partial charge in [-0.2, -0.15) is 0 Å². The fraction of sp³-hybridized carbons (Fsp3) is 0.750. The van der Waals surface area contributed by atoms with E-state index >= 15 is 0 Å². The van der Waals surface area contributed by atoms with Gasteiger partial charge in [-0.1, -0.05) is 0 Å². The van der Waals surface area contributed by atoms with Gasteiger partial charge in [-0.3, -0.25) is 9.89 Å². The zero-order valence-electron chi connectivity index (χ0n) is 16.1. The van der Waals surface area contributed by atoms with Gasteiger partial charge in [0.25, 0.3) is 0 Å². The second kappa shape index (κ2) is 10.6. The Balaban J connectivity index is 1.45. The van der Waals surface area contributed by atoms with Crippen LogP contribution in [-0.2, 0) is 4.74 Å². The van der Waals surface area contributed by atoms with Gasteiger partial charge in [0.2, 0.25) is 0 Å². The molecule has 1 aromatic rings. The topological polar surface area (TPSA) is 62.0 Å². The van der Waals surface area contributed by atoms with Crippen LogP contribution in [0.5, 0.6) is 0 Å². The lowest BCUT2D eigenvalue weighted by Crippen LogP contribution is -2.39. The molecule has 6 heteroatoms. The van der Waals surface area contributed by atoms with Crippen LogP contribution in [0.3, 0.4) is 0 Å². The molecule has 2 aliphatic rings. The lowest BCUT2D eigenvalue weighted by Gasteiger charge is -2.24. The van der Waals surface area contributed by atoms with E-state index in [4.69, 9.17) is 14.1 Å². The van der Waals surface area contributed by atoms with Crippen molar-refractivity contribution in [2.45, 2.75) is 45.1 Å². The minimum atomic E-state index is 0.227. The predicted molar refractivity (Wildman–Crippen MR) is 104 cm³/mol. The number of nitrogens with one attached hydrogen (secondary N) is 2. The van der Waals surface area contributed by atoms with Crippen molar-refractivity contribution in [2.75, 3.05) is 45.9 Å².